The molecule has 2 aromatic rings. The van der Waals surface area contributed by atoms with Crippen molar-refractivity contribution in [1.82, 2.24) is 5.06 Å². The number of hydrogen-bond donors (Lipinski definition) is 0. The third-order valence-electron chi connectivity index (χ3n) is 3.98. The second-order valence-electron chi connectivity index (χ2n) is 6.66. The van der Waals surface area contributed by atoms with E-state index in [1.807, 2.05) is 0 Å². The molecular formula is C19H23NO. The molecule has 0 saturated carbocycles. The molecular weight excluding hydrogens is 258 g/mol. The number of benzene rings is 2. The van der Waals surface area contributed by atoms with E-state index in [0.717, 1.165) is 6.42 Å². The number of hydroxylamine groups is 2. The highest BCUT2D eigenvalue weighted by Gasteiger charge is 2.40. The van der Waals surface area contributed by atoms with Gasteiger partial charge in [0.05, 0.1) is 6.04 Å². The summed E-state index contributed by atoms with van der Waals surface area (Å²) in [5.74, 6) is 0. The summed E-state index contributed by atoms with van der Waals surface area (Å²) >= 11 is 0. The number of rotatable bonds is 2. The smallest absolute Gasteiger partial charge is 0.106 e. The zero-order valence-electron chi connectivity index (χ0n) is 13.0. The zero-order valence-corrected chi connectivity index (χ0v) is 13.0. The Morgan fingerprint density at radius 3 is 1.90 bits per heavy atom. The molecule has 1 saturated heterocycles. The number of nitrogens with zero attached hydrogens (tertiary/aromatic N) is 1. The van der Waals surface area contributed by atoms with Crippen LogP contribution in [0.25, 0.3) is 0 Å². The summed E-state index contributed by atoms with van der Waals surface area (Å²) in [6.45, 7) is 6.61. The molecule has 2 nitrogen and oxygen atoms in total. The predicted octanol–water partition coefficient (Wildman–Crippen LogP) is 4.90. The Labute approximate surface area is 127 Å². The minimum atomic E-state index is -0.0238. The van der Waals surface area contributed by atoms with E-state index in [4.69, 9.17) is 4.84 Å². The maximum absolute atomic E-state index is 6.31. The molecule has 3 rings (SSSR count). The van der Waals surface area contributed by atoms with E-state index in [2.05, 4.69) is 86.5 Å². The van der Waals surface area contributed by atoms with Crippen molar-refractivity contribution in [3.05, 3.63) is 71.8 Å². The highest BCUT2D eigenvalue weighted by atomic mass is 16.7. The SMILES string of the molecule is CC(C)(C)N1OC(c2ccccc2)CC1c1ccccc1. The fraction of sp³-hybridized carbons (Fsp3) is 0.368. The van der Waals surface area contributed by atoms with Gasteiger partial charge in [-0.25, -0.2) is 0 Å². The molecule has 2 unspecified atom stereocenters. The Balaban J connectivity index is 1.91. The molecule has 0 amide bonds. The van der Waals surface area contributed by atoms with Crippen LogP contribution in [0.4, 0.5) is 0 Å². The van der Waals surface area contributed by atoms with Gasteiger partial charge >= 0.3 is 0 Å². The van der Waals surface area contributed by atoms with Crippen LogP contribution in [0, 0.1) is 0 Å². The summed E-state index contributed by atoms with van der Waals surface area (Å²) in [5.41, 5.74) is 2.56. The molecule has 1 aliphatic rings. The quantitative estimate of drug-likeness (QED) is 0.776. The van der Waals surface area contributed by atoms with Crippen molar-refractivity contribution >= 4 is 0 Å². The van der Waals surface area contributed by atoms with Crippen molar-refractivity contribution in [3.63, 3.8) is 0 Å². The molecule has 0 bridgehead atoms. The van der Waals surface area contributed by atoms with Gasteiger partial charge in [0.1, 0.15) is 6.10 Å². The summed E-state index contributed by atoms with van der Waals surface area (Å²) in [5, 5.41) is 2.17. The minimum Gasteiger partial charge on any atom is -0.290 e. The third-order valence-corrected chi connectivity index (χ3v) is 3.98. The van der Waals surface area contributed by atoms with Crippen LogP contribution in [0.15, 0.2) is 60.7 Å². The second-order valence-corrected chi connectivity index (χ2v) is 6.66. The topological polar surface area (TPSA) is 12.5 Å². The molecule has 1 fully saturated rings. The van der Waals surface area contributed by atoms with Crippen LogP contribution < -0.4 is 0 Å². The third kappa shape index (κ3) is 3.02. The Morgan fingerprint density at radius 2 is 1.38 bits per heavy atom. The summed E-state index contributed by atoms with van der Waals surface area (Å²) in [6, 6.07) is 21.5. The first-order valence-electron chi connectivity index (χ1n) is 7.62. The summed E-state index contributed by atoms with van der Waals surface area (Å²) in [6.07, 6.45) is 1.13. The molecule has 21 heavy (non-hydrogen) atoms. The van der Waals surface area contributed by atoms with Crippen molar-refractivity contribution in [1.29, 1.82) is 0 Å². The van der Waals surface area contributed by atoms with Crippen molar-refractivity contribution in [2.75, 3.05) is 0 Å². The second kappa shape index (κ2) is 5.63. The first-order valence-corrected chi connectivity index (χ1v) is 7.62. The largest absolute Gasteiger partial charge is 0.290 e. The van der Waals surface area contributed by atoms with Gasteiger partial charge in [-0.1, -0.05) is 60.7 Å². The van der Waals surface area contributed by atoms with Gasteiger partial charge in [0.15, 0.2) is 0 Å². The van der Waals surface area contributed by atoms with Crippen molar-refractivity contribution in [2.24, 2.45) is 0 Å². The average molecular weight is 281 g/mol. The lowest BCUT2D eigenvalue weighted by atomic mass is 9.96. The van der Waals surface area contributed by atoms with Gasteiger partial charge in [-0.3, -0.25) is 4.84 Å². The number of hydrogen-bond acceptors (Lipinski definition) is 2. The molecule has 2 aromatic carbocycles. The first-order chi connectivity index (χ1) is 10.1. The van der Waals surface area contributed by atoms with Gasteiger partial charge in [-0.15, -0.1) is 0 Å². The standard InChI is InChI=1S/C19H23NO/c1-19(2,3)20-17(15-10-6-4-7-11-15)14-18(21-20)16-12-8-5-9-13-16/h4-13,17-18H,14H2,1-3H3. The van der Waals surface area contributed by atoms with E-state index in [1.54, 1.807) is 0 Å². The van der Waals surface area contributed by atoms with Crippen molar-refractivity contribution < 1.29 is 4.84 Å². The molecule has 0 spiro atoms. The minimum absolute atomic E-state index is 0.0238. The highest BCUT2D eigenvalue weighted by molar-refractivity contribution is 5.24. The van der Waals surface area contributed by atoms with Gasteiger partial charge < -0.3 is 0 Å². The molecule has 0 aliphatic carbocycles. The highest BCUT2D eigenvalue weighted by Crippen LogP contribution is 2.45. The van der Waals surface area contributed by atoms with E-state index in [-0.39, 0.29) is 11.6 Å². The Kier molecular flexibility index (Phi) is 3.83. The van der Waals surface area contributed by atoms with Crippen LogP contribution in [-0.4, -0.2) is 10.6 Å². The molecule has 0 aromatic heterocycles. The van der Waals surface area contributed by atoms with Crippen LogP contribution >= 0.6 is 0 Å². The molecule has 2 heteroatoms. The van der Waals surface area contributed by atoms with Crippen molar-refractivity contribution in [2.45, 2.75) is 44.9 Å². The molecule has 110 valence electrons. The molecule has 0 radical (unpaired) electrons. The Morgan fingerprint density at radius 1 is 0.857 bits per heavy atom. The lowest BCUT2D eigenvalue weighted by Crippen LogP contribution is -2.39. The van der Waals surface area contributed by atoms with E-state index < -0.39 is 0 Å². The van der Waals surface area contributed by atoms with Crippen LogP contribution in [0.2, 0.25) is 0 Å². The zero-order chi connectivity index (χ0) is 14.9. The van der Waals surface area contributed by atoms with Crippen LogP contribution in [-0.2, 0) is 4.84 Å². The summed E-state index contributed by atoms with van der Waals surface area (Å²) in [7, 11) is 0. The van der Waals surface area contributed by atoms with Gasteiger partial charge in [0.25, 0.3) is 0 Å². The maximum Gasteiger partial charge on any atom is 0.106 e. The van der Waals surface area contributed by atoms with Crippen LogP contribution in [0.1, 0.15) is 50.5 Å². The molecule has 1 aliphatic heterocycles. The fourth-order valence-electron chi connectivity index (χ4n) is 2.99. The molecule has 2 atom stereocenters. The van der Waals surface area contributed by atoms with E-state index in [9.17, 15) is 0 Å². The lowest BCUT2D eigenvalue weighted by Gasteiger charge is -2.35. The van der Waals surface area contributed by atoms with E-state index >= 15 is 0 Å². The maximum atomic E-state index is 6.31. The van der Waals surface area contributed by atoms with Crippen LogP contribution in [0.5, 0.6) is 0 Å². The lowest BCUT2D eigenvalue weighted by molar-refractivity contribution is -0.215. The Bertz CT molecular complexity index is 574. The van der Waals surface area contributed by atoms with Gasteiger partial charge in [-0.2, -0.15) is 5.06 Å². The summed E-state index contributed by atoms with van der Waals surface area (Å²) < 4.78 is 0. The monoisotopic (exact) mass is 281 g/mol. The van der Waals surface area contributed by atoms with E-state index in [0.29, 0.717) is 6.04 Å². The van der Waals surface area contributed by atoms with Gasteiger partial charge in [0, 0.05) is 12.0 Å². The van der Waals surface area contributed by atoms with Gasteiger partial charge in [-0.05, 0) is 31.9 Å². The van der Waals surface area contributed by atoms with Crippen molar-refractivity contribution in [3.8, 4) is 0 Å². The van der Waals surface area contributed by atoms with Gasteiger partial charge in [0.2, 0.25) is 0 Å². The van der Waals surface area contributed by atoms with Crippen LogP contribution in [0.3, 0.4) is 0 Å². The summed E-state index contributed by atoms with van der Waals surface area (Å²) in [4.78, 5) is 6.31. The Hall–Kier alpha value is -1.64. The van der Waals surface area contributed by atoms with E-state index in [1.165, 1.54) is 11.1 Å². The molecule has 1 heterocycles. The normalized spacial score (nSPS) is 23.4. The fourth-order valence-corrected chi connectivity index (χ4v) is 2.99. The molecule has 0 N–H and O–H groups in total. The predicted molar refractivity (Wildman–Crippen MR) is 85.7 cm³/mol. The first kappa shape index (κ1) is 14.3. The average Bonchev–Trinajstić information content (AvgIpc) is 2.94.